The molecule has 1 amide bonds. The van der Waals surface area contributed by atoms with Crippen LogP contribution < -0.4 is 14.8 Å². The Morgan fingerprint density at radius 3 is 2.62 bits per heavy atom. The molecule has 0 spiro atoms. The van der Waals surface area contributed by atoms with E-state index in [1.54, 1.807) is 6.07 Å². The van der Waals surface area contributed by atoms with Gasteiger partial charge in [0.15, 0.2) is 11.5 Å². The van der Waals surface area contributed by atoms with E-state index < -0.39 is 0 Å². The Balaban J connectivity index is 1.68. The summed E-state index contributed by atoms with van der Waals surface area (Å²) in [5.74, 6) is 1.23. The van der Waals surface area contributed by atoms with E-state index in [9.17, 15) is 4.79 Å². The molecule has 0 saturated heterocycles. The first-order valence-electron chi connectivity index (χ1n) is 7.90. The van der Waals surface area contributed by atoms with E-state index in [-0.39, 0.29) is 5.91 Å². The van der Waals surface area contributed by atoms with Gasteiger partial charge in [0.2, 0.25) is 0 Å². The molecule has 0 fully saturated rings. The van der Waals surface area contributed by atoms with Crippen LogP contribution in [0.4, 0.5) is 5.69 Å². The highest BCUT2D eigenvalue weighted by molar-refractivity contribution is 6.08. The molecule has 5 nitrogen and oxygen atoms in total. The molecule has 24 heavy (non-hydrogen) atoms. The Hall–Kier alpha value is -2.95. The molecule has 0 saturated carbocycles. The molecule has 1 aromatic heterocycles. The molecule has 0 radical (unpaired) electrons. The fraction of sp³-hybridized carbons (Fsp3) is 0.211. The van der Waals surface area contributed by atoms with Crippen LogP contribution in [0.2, 0.25) is 0 Å². The molecule has 1 aliphatic rings. The monoisotopic (exact) mass is 322 g/mol. The second-order valence-corrected chi connectivity index (χ2v) is 5.86. The van der Waals surface area contributed by atoms with E-state index in [1.165, 1.54) is 0 Å². The third kappa shape index (κ3) is 2.29. The zero-order valence-electron chi connectivity index (χ0n) is 13.6. The van der Waals surface area contributed by atoms with Gasteiger partial charge in [0.25, 0.3) is 5.91 Å². The molecular formula is C19H18N2O3. The lowest BCUT2D eigenvalue weighted by molar-refractivity contribution is 0.101. The molecule has 0 unspecified atom stereocenters. The van der Waals surface area contributed by atoms with Crippen LogP contribution in [0.5, 0.6) is 11.5 Å². The third-order valence-electron chi connectivity index (χ3n) is 4.38. The SMILES string of the molecule is Cc1c(C(=O)Nc2ccc3c(c2)OCCO3)n(C)c2ccccc12. The lowest BCUT2D eigenvalue weighted by atomic mass is 10.1. The van der Waals surface area contributed by atoms with Crippen molar-refractivity contribution in [1.29, 1.82) is 0 Å². The molecule has 2 heterocycles. The molecular weight excluding hydrogens is 304 g/mol. The van der Waals surface area contributed by atoms with Crippen LogP contribution in [-0.4, -0.2) is 23.7 Å². The highest BCUT2D eigenvalue weighted by Crippen LogP contribution is 2.33. The molecule has 2 aromatic carbocycles. The van der Waals surface area contributed by atoms with Gasteiger partial charge in [0.1, 0.15) is 18.9 Å². The second kappa shape index (κ2) is 5.60. The van der Waals surface area contributed by atoms with Gasteiger partial charge in [-0.25, -0.2) is 0 Å². The molecule has 1 aliphatic heterocycles. The average Bonchev–Trinajstić information content (AvgIpc) is 2.86. The van der Waals surface area contributed by atoms with Gasteiger partial charge in [-0.15, -0.1) is 0 Å². The van der Waals surface area contributed by atoms with Crippen molar-refractivity contribution in [1.82, 2.24) is 4.57 Å². The fourth-order valence-electron chi connectivity index (χ4n) is 3.22. The van der Waals surface area contributed by atoms with Crippen molar-refractivity contribution in [2.75, 3.05) is 18.5 Å². The predicted octanol–water partition coefficient (Wildman–Crippen LogP) is 3.51. The van der Waals surface area contributed by atoms with Gasteiger partial charge in [-0.05, 0) is 30.7 Å². The number of hydrogen-bond donors (Lipinski definition) is 1. The van der Waals surface area contributed by atoms with Gasteiger partial charge in [-0.1, -0.05) is 18.2 Å². The van der Waals surface area contributed by atoms with Gasteiger partial charge < -0.3 is 19.4 Å². The number of aryl methyl sites for hydroxylation is 2. The zero-order valence-corrected chi connectivity index (χ0v) is 13.6. The molecule has 0 atom stereocenters. The summed E-state index contributed by atoms with van der Waals surface area (Å²) in [5.41, 5.74) is 3.37. The van der Waals surface area contributed by atoms with E-state index in [4.69, 9.17) is 9.47 Å². The second-order valence-electron chi connectivity index (χ2n) is 5.86. The summed E-state index contributed by atoms with van der Waals surface area (Å²) in [6, 6.07) is 13.4. The Kier molecular flexibility index (Phi) is 3.41. The zero-order chi connectivity index (χ0) is 16.7. The van der Waals surface area contributed by atoms with Crippen molar-refractivity contribution in [3.63, 3.8) is 0 Å². The Morgan fingerprint density at radius 2 is 1.83 bits per heavy atom. The molecule has 0 bridgehead atoms. The van der Waals surface area contributed by atoms with Crippen molar-refractivity contribution in [2.45, 2.75) is 6.92 Å². The molecule has 122 valence electrons. The van der Waals surface area contributed by atoms with E-state index in [0.717, 1.165) is 16.5 Å². The Labute approximate surface area is 139 Å². The van der Waals surface area contributed by atoms with Gasteiger partial charge >= 0.3 is 0 Å². The van der Waals surface area contributed by atoms with Gasteiger partial charge in [0, 0.05) is 29.7 Å². The number of hydrogen-bond acceptors (Lipinski definition) is 3. The highest BCUT2D eigenvalue weighted by Gasteiger charge is 2.19. The van der Waals surface area contributed by atoms with Gasteiger partial charge in [-0.2, -0.15) is 0 Å². The summed E-state index contributed by atoms with van der Waals surface area (Å²) < 4.78 is 13.0. The Morgan fingerprint density at radius 1 is 1.08 bits per heavy atom. The van der Waals surface area contributed by atoms with Gasteiger partial charge in [0.05, 0.1) is 0 Å². The molecule has 3 aromatic rings. The number of carbonyl (C=O) groups is 1. The van der Waals surface area contributed by atoms with Gasteiger partial charge in [-0.3, -0.25) is 4.79 Å². The summed E-state index contributed by atoms with van der Waals surface area (Å²) in [5, 5.41) is 4.05. The van der Waals surface area contributed by atoms with Crippen molar-refractivity contribution in [2.24, 2.45) is 7.05 Å². The number of rotatable bonds is 2. The summed E-state index contributed by atoms with van der Waals surface area (Å²) in [4.78, 5) is 12.8. The van der Waals surface area contributed by atoms with Crippen LogP contribution in [0.1, 0.15) is 16.1 Å². The quantitative estimate of drug-likeness (QED) is 0.785. The highest BCUT2D eigenvalue weighted by atomic mass is 16.6. The maximum absolute atomic E-state index is 12.8. The molecule has 0 aliphatic carbocycles. The predicted molar refractivity (Wildman–Crippen MR) is 93.0 cm³/mol. The topological polar surface area (TPSA) is 52.5 Å². The van der Waals surface area contributed by atoms with Crippen LogP contribution in [0.25, 0.3) is 10.9 Å². The lowest BCUT2D eigenvalue weighted by Gasteiger charge is -2.19. The van der Waals surface area contributed by atoms with Crippen LogP contribution in [-0.2, 0) is 7.05 Å². The molecule has 4 rings (SSSR count). The number of anilines is 1. The number of benzene rings is 2. The number of ether oxygens (including phenoxy) is 2. The minimum atomic E-state index is -0.136. The summed E-state index contributed by atoms with van der Waals surface area (Å²) in [6.07, 6.45) is 0. The first-order chi connectivity index (χ1) is 11.6. The number of amides is 1. The van der Waals surface area contributed by atoms with Crippen molar-refractivity contribution < 1.29 is 14.3 Å². The average molecular weight is 322 g/mol. The number of aromatic nitrogens is 1. The molecule has 5 heteroatoms. The summed E-state index contributed by atoms with van der Waals surface area (Å²) in [7, 11) is 1.91. The number of carbonyl (C=O) groups excluding carboxylic acids is 1. The number of nitrogens with zero attached hydrogens (tertiary/aromatic N) is 1. The standard InChI is InChI=1S/C19H18N2O3/c1-12-14-5-3-4-6-15(14)21(2)18(12)19(22)20-13-7-8-16-17(11-13)24-10-9-23-16/h3-8,11H,9-10H2,1-2H3,(H,20,22). The normalized spacial score (nSPS) is 13.1. The van der Waals surface area contributed by atoms with E-state index in [2.05, 4.69) is 5.32 Å². The van der Waals surface area contributed by atoms with Crippen LogP contribution in [0.15, 0.2) is 42.5 Å². The Bertz CT molecular complexity index is 904. The number of fused-ring (bicyclic) bond motifs is 2. The van der Waals surface area contributed by atoms with Crippen LogP contribution in [0, 0.1) is 6.92 Å². The van der Waals surface area contributed by atoms with Crippen LogP contribution in [0.3, 0.4) is 0 Å². The first kappa shape index (κ1) is 14.6. The largest absolute Gasteiger partial charge is 0.486 e. The third-order valence-corrected chi connectivity index (χ3v) is 4.38. The van der Waals surface area contributed by atoms with Crippen molar-refractivity contribution in [3.05, 3.63) is 53.7 Å². The minimum absolute atomic E-state index is 0.136. The van der Waals surface area contributed by atoms with Crippen molar-refractivity contribution >= 4 is 22.5 Å². The van der Waals surface area contributed by atoms with E-state index >= 15 is 0 Å². The number of para-hydroxylation sites is 1. The van der Waals surface area contributed by atoms with E-state index in [0.29, 0.717) is 36.1 Å². The smallest absolute Gasteiger partial charge is 0.272 e. The summed E-state index contributed by atoms with van der Waals surface area (Å²) >= 11 is 0. The van der Waals surface area contributed by atoms with E-state index in [1.807, 2.05) is 54.9 Å². The summed E-state index contributed by atoms with van der Waals surface area (Å²) in [6.45, 7) is 3.04. The fourth-order valence-corrected chi connectivity index (χ4v) is 3.22. The van der Waals surface area contributed by atoms with Crippen LogP contribution >= 0.6 is 0 Å². The lowest BCUT2D eigenvalue weighted by Crippen LogP contribution is -2.18. The minimum Gasteiger partial charge on any atom is -0.486 e. The maximum atomic E-state index is 12.8. The number of nitrogens with one attached hydrogen (secondary N) is 1. The van der Waals surface area contributed by atoms with Crippen molar-refractivity contribution in [3.8, 4) is 11.5 Å². The maximum Gasteiger partial charge on any atom is 0.272 e. The first-order valence-corrected chi connectivity index (χ1v) is 7.90. The molecule has 1 N–H and O–H groups in total.